The molecule has 0 spiro atoms. The zero-order valence-electron chi connectivity index (χ0n) is 12.0. The van der Waals surface area contributed by atoms with Crippen molar-refractivity contribution in [2.24, 2.45) is 0 Å². The average Bonchev–Trinajstić information content (AvgIpc) is 3.02. The van der Waals surface area contributed by atoms with Crippen LogP contribution in [0.2, 0.25) is 0 Å². The summed E-state index contributed by atoms with van der Waals surface area (Å²) in [4.78, 5) is 4.65. The molecule has 0 atom stereocenters. The van der Waals surface area contributed by atoms with E-state index in [4.69, 9.17) is 0 Å². The second-order valence-corrected chi connectivity index (χ2v) is 6.55. The molecule has 1 aromatic carbocycles. The number of imidazole rings is 1. The number of hydrogen-bond acceptors (Lipinski definition) is 2. The van der Waals surface area contributed by atoms with Crippen molar-refractivity contribution in [1.29, 1.82) is 0 Å². The highest BCUT2D eigenvalue weighted by Gasteiger charge is 2.20. The van der Waals surface area contributed by atoms with Crippen LogP contribution in [0.1, 0.15) is 43.0 Å². The van der Waals surface area contributed by atoms with Gasteiger partial charge in [0, 0.05) is 22.4 Å². The molecule has 1 fully saturated rings. The van der Waals surface area contributed by atoms with Gasteiger partial charge in [-0.2, -0.15) is 0 Å². The molecule has 3 nitrogen and oxygen atoms in total. The van der Waals surface area contributed by atoms with Gasteiger partial charge in [-0.25, -0.2) is 4.98 Å². The first kappa shape index (κ1) is 13.7. The Kier molecular flexibility index (Phi) is 3.83. The molecular weight excluding hydrogens is 314 g/mol. The van der Waals surface area contributed by atoms with E-state index in [-0.39, 0.29) is 0 Å². The number of hydrogen-bond donors (Lipinski definition) is 1. The Hall–Kier alpha value is -1.29. The maximum absolute atomic E-state index is 4.65. The summed E-state index contributed by atoms with van der Waals surface area (Å²) in [5.74, 6) is 0.972. The lowest BCUT2D eigenvalue weighted by Crippen LogP contribution is -2.08. The van der Waals surface area contributed by atoms with Crippen LogP contribution in [0.25, 0.3) is 0 Å². The molecule has 0 radical (unpaired) electrons. The van der Waals surface area contributed by atoms with Crippen molar-refractivity contribution < 1.29 is 0 Å². The fourth-order valence-corrected chi connectivity index (χ4v) is 3.43. The molecule has 1 heterocycles. The molecule has 0 saturated heterocycles. The minimum absolute atomic E-state index is 0.606. The highest BCUT2D eigenvalue weighted by atomic mass is 79.9. The van der Waals surface area contributed by atoms with Crippen LogP contribution < -0.4 is 5.32 Å². The number of rotatable bonds is 3. The number of nitrogens with zero attached hydrogens (tertiary/aromatic N) is 2. The van der Waals surface area contributed by atoms with Crippen molar-refractivity contribution in [3.8, 4) is 0 Å². The number of halogens is 1. The SMILES string of the molecule is Cc1cn(C2CCCC2)c(Nc2ccc(Br)cc2C)n1. The number of aromatic nitrogens is 2. The largest absolute Gasteiger partial charge is 0.325 e. The van der Waals surface area contributed by atoms with Gasteiger partial charge in [-0.05, 0) is 50.5 Å². The van der Waals surface area contributed by atoms with E-state index in [1.54, 1.807) is 0 Å². The topological polar surface area (TPSA) is 29.9 Å². The van der Waals surface area contributed by atoms with E-state index in [0.717, 1.165) is 21.8 Å². The van der Waals surface area contributed by atoms with Gasteiger partial charge in [0.15, 0.2) is 0 Å². The molecule has 20 heavy (non-hydrogen) atoms. The molecule has 4 heteroatoms. The minimum Gasteiger partial charge on any atom is -0.325 e. The maximum atomic E-state index is 4.65. The summed E-state index contributed by atoms with van der Waals surface area (Å²) < 4.78 is 3.43. The fourth-order valence-electron chi connectivity index (χ4n) is 2.96. The molecule has 0 amide bonds. The lowest BCUT2D eigenvalue weighted by atomic mass is 10.2. The molecule has 2 aromatic rings. The summed E-state index contributed by atoms with van der Waals surface area (Å²) in [5.41, 5.74) is 3.42. The second kappa shape index (κ2) is 5.60. The minimum atomic E-state index is 0.606. The van der Waals surface area contributed by atoms with E-state index < -0.39 is 0 Å². The first-order valence-corrected chi connectivity index (χ1v) is 8.01. The van der Waals surface area contributed by atoms with Crippen LogP contribution in [-0.4, -0.2) is 9.55 Å². The van der Waals surface area contributed by atoms with Crippen LogP contribution in [0.4, 0.5) is 11.6 Å². The van der Waals surface area contributed by atoms with E-state index in [1.807, 2.05) is 0 Å². The highest BCUT2D eigenvalue weighted by molar-refractivity contribution is 9.10. The monoisotopic (exact) mass is 333 g/mol. The van der Waals surface area contributed by atoms with Crippen LogP contribution in [0.15, 0.2) is 28.9 Å². The van der Waals surface area contributed by atoms with Crippen molar-refractivity contribution >= 4 is 27.6 Å². The highest BCUT2D eigenvalue weighted by Crippen LogP contribution is 2.33. The molecule has 1 saturated carbocycles. The van der Waals surface area contributed by atoms with Crippen LogP contribution in [0.5, 0.6) is 0 Å². The Labute approximate surface area is 128 Å². The molecule has 1 aliphatic rings. The van der Waals surface area contributed by atoms with Crippen molar-refractivity contribution in [2.45, 2.75) is 45.6 Å². The van der Waals surface area contributed by atoms with E-state index in [2.05, 4.69) is 69.0 Å². The quantitative estimate of drug-likeness (QED) is 0.844. The van der Waals surface area contributed by atoms with Crippen LogP contribution in [0, 0.1) is 13.8 Å². The Balaban J connectivity index is 1.90. The molecular formula is C16H20BrN3. The van der Waals surface area contributed by atoms with Gasteiger partial charge in [0.05, 0.1) is 5.69 Å². The van der Waals surface area contributed by atoms with Crippen LogP contribution in [0.3, 0.4) is 0 Å². The van der Waals surface area contributed by atoms with Gasteiger partial charge in [-0.15, -0.1) is 0 Å². The predicted molar refractivity (Wildman–Crippen MR) is 86.6 cm³/mol. The van der Waals surface area contributed by atoms with Gasteiger partial charge in [0.2, 0.25) is 5.95 Å². The smallest absolute Gasteiger partial charge is 0.207 e. The Bertz CT molecular complexity index is 612. The Morgan fingerprint density at radius 2 is 2.00 bits per heavy atom. The van der Waals surface area contributed by atoms with E-state index in [9.17, 15) is 0 Å². The van der Waals surface area contributed by atoms with Crippen molar-refractivity contribution in [3.05, 3.63) is 40.1 Å². The normalized spacial score (nSPS) is 15.8. The van der Waals surface area contributed by atoms with Gasteiger partial charge in [0.25, 0.3) is 0 Å². The molecule has 3 rings (SSSR count). The van der Waals surface area contributed by atoms with Gasteiger partial charge in [-0.1, -0.05) is 28.8 Å². The Morgan fingerprint density at radius 3 is 2.70 bits per heavy atom. The lowest BCUT2D eigenvalue weighted by Gasteiger charge is -2.16. The molecule has 0 bridgehead atoms. The fraction of sp³-hybridized carbons (Fsp3) is 0.438. The van der Waals surface area contributed by atoms with Gasteiger partial charge >= 0.3 is 0 Å². The molecule has 106 valence electrons. The predicted octanol–water partition coefficient (Wildman–Crippen LogP) is 5.12. The summed E-state index contributed by atoms with van der Waals surface area (Å²) in [6, 6.07) is 6.89. The summed E-state index contributed by atoms with van der Waals surface area (Å²) in [6.45, 7) is 4.17. The Morgan fingerprint density at radius 1 is 1.25 bits per heavy atom. The number of nitrogens with one attached hydrogen (secondary N) is 1. The van der Waals surface area contributed by atoms with Crippen molar-refractivity contribution in [2.75, 3.05) is 5.32 Å². The average molecular weight is 334 g/mol. The summed E-state index contributed by atoms with van der Waals surface area (Å²) in [5, 5.41) is 3.50. The van der Waals surface area contributed by atoms with Crippen LogP contribution >= 0.6 is 15.9 Å². The molecule has 0 unspecified atom stereocenters. The molecule has 1 aliphatic carbocycles. The number of benzene rings is 1. The molecule has 1 N–H and O–H groups in total. The lowest BCUT2D eigenvalue weighted by molar-refractivity contribution is 0.524. The maximum Gasteiger partial charge on any atom is 0.207 e. The third kappa shape index (κ3) is 2.75. The first-order valence-electron chi connectivity index (χ1n) is 7.22. The third-order valence-corrected chi connectivity index (χ3v) is 4.50. The summed E-state index contributed by atoms with van der Waals surface area (Å²) >= 11 is 3.51. The standard InChI is InChI=1S/C16H20BrN3/c1-11-9-13(17)7-8-15(11)19-16-18-12(2)10-20(16)14-5-3-4-6-14/h7-10,14H,3-6H2,1-2H3,(H,18,19). The zero-order valence-corrected chi connectivity index (χ0v) is 13.6. The zero-order chi connectivity index (χ0) is 14.1. The van der Waals surface area contributed by atoms with E-state index in [0.29, 0.717) is 6.04 Å². The first-order chi connectivity index (χ1) is 9.63. The number of anilines is 2. The van der Waals surface area contributed by atoms with Crippen LogP contribution in [-0.2, 0) is 0 Å². The second-order valence-electron chi connectivity index (χ2n) is 5.64. The molecule has 0 aliphatic heterocycles. The van der Waals surface area contributed by atoms with Gasteiger partial charge in [-0.3, -0.25) is 0 Å². The van der Waals surface area contributed by atoms with E-state index >= 15 is 0 Å². The third-order valence-electron chi connectivity index (χ3n) is 4.01. The van der Waals surface area contributed by atoms with Crippen molar-refractivity contribution in [1.82, 2.24) is 9.55 Å². The van der Waals surface area contributed by atoms with Gasteiger partial charge < -0.3 is 9.88 Å². The summed E-state index contributed by atoms with van der Waals surface area (Å²) in [7, 11) is 0. The van der Waals surface area contributed by atoms with Gasteiger partial charge in [0.1, 0.15) is 0 Å². The summed E-state index contributed by atoms with van der Waals surface area (Å²) in [6.07, 6.45) is 7.37. The molecule has 1 aromatic heterocycles. The van der Waals surface area contributed by atoms with Crippen molar-refractivity contribution in [3.63, 3.8) is 0 Å². The van der Waals surface area contributed by atoms with E-state index in [1.165, 1.54) is 31.2 Å². The number of aryl methyl sites for hydroxylation is 2.